The number of aromatic nitrogens is 2. The minimum Gasteiger partial charge on any atom is -0.340 e. The van der Waals surface area contributed by atoms with E-state index in [0.29, 0.717) is 39.0 Å². The Balaban J connectivity index is 0.772. The molecule has 4 saturated heterocycles. The fourth-order valence-electron chi connectivity index (χ4n) is 10.6. The van der Waals surface area contributed by atoms with Crippen molar-refractivity contribution in [2.45, 2.75) is 88.4 Å². The standard InChI is InChI=1S/C56H62N8O4S2/c65-49(27-35-61-29-7-8-30-61)59-51(43-13-3-1-4-14-43)55(67)63-33-11-17-45(63)53-57-37-47(69-53)41-23-19-39(20-24-41)40-21-25-42(26-22-40)48-38-58-54(70-48)46-18-12-34-64(46)56(68)52(44-15-5-2-6-16-44)60-50(66)28-36-62-31-9-10-32-62/h1-6,13-16,19-26,37-38,45-46,51-52H,7-12,17-18,27-36H2,(H,59,65)(H,60,66)/t45-,46-,51+,52+/m0/s1. The van der Waals surface area contributed by atoms with Gasteiger partial charge in [-0.25, -0.2) is 9.97 Å². The molecule has 70 heavy (non-hydrogen) atoms. The molecule has 0 unspecified atom stereocenters. The van der Waals surface area contributed by atoms with Crippen molar-refractivity contribution in [3.8, 4) is 32.0 Å². The third kappa shape index (κ3) is 11.1. The van der Waals surface area contributed by atoms with Crippen LogP contribution in [0.2, 0.25) is 0 Å². The second-order valence-corrected chi connectivity index (χ2v) is 21.2. The lowest BCUT2D eigenvalue weighted by Gasteiger charge is -2.29. The fourth-order valence-corrected chi connectivity index (χ4v) is 12.7. The third-order valence-electron chi connectivity index (χ3n) is 14.4. The Bertz CT molecular complexity index is 2530. The summed E-state index contributed by atoms with van der Waals surface area (Å²) in [6.45, 7) is 6.80. The number of thiazole rings is 2. The Morgan fingerprint density at radius 2 is 0.857 bits per heavy atom. The van der Waals surface area contributed by atoms with E-state index < -0.39 is 12.1 Å². The molecular formula is C56H62N8O4S2. The summed E-state index contributed by atoms with van der Waals surface area (Å²) in [5.41, 5.74) is 5.92. The molecule has 4 aromatic carbocycles. The zero-order valence-corrected chi connectivity index (χ0v) is 41.4. The van der Waals surface area contributed by atoms with Gasteiger partial charge >= 0.3 is 0 Å². The lowest BCUT2D eigenvalue weighted by Crippen LogP contribution is -2.43. The Morgan fingerprint density at radius 3 is 1.24 bits per heavy atom. The molecule has 4 aliphatic heterocycles. The number of rotatable bonds is 17. The first-order valence-electron chi connectivity index (χ1n) is 25.2. The topological polar surface area (TPSA) is 131 Å². The number of carbonyl (C=O) groups is 4. The van der Waals surface area contributed by atoms with Gasteiger partial charge in [-0.3, -0.25) is 19.2 Å². The monoisotopic (exact) mass is 974 g/mol. The predicted octanol–water partition coefficient (Wildman–Crippen LogP) is 9.61. The minimum absolute atomic E-state index is 0.0860. The quantitative estimate of drug-likeness (QED) is 0.0925. The van der Waals surface area contributed by atoms with Gasteiger partial charge in [0.15, 0.2) is 0 Å². The second kappa shape index (κ2) is 22.4. The number of benzene rings is 4. The molecule has 14 heteroatoms. The van der Waals surface area contributed by atoms with Crippen LogP contribution in [-0.4, -0.2) is 106 Å². The van der Waals surface area contributed by atoms with E-state index in [1.165, 1.54) is 25.7 Å². The van der Waals surface area contributed by atoms with Gasteiger partial charge in [-0.05, 0) is 111 Å². The van der Waals surface area contributed by atoms with Crippen LogP contribution in [-0.2, 0) is 19.2 Å². The summed E-state index contributed by atoms with van der Waals surface area (Å²) in [5, 5.41) is 8.03. The molecule has 2 N–H and O–H groups in total. The van der Waals surface area contributed by atoms with Gasteiger partial charge in [-0.15, -0.1) is 22.7 Å². The van der Waals surface area contributed by atoms with Crippen molar-refractivity contribution in [1.29, 1.82) is 0 Å². The summed E-state index contributed by atoms with van der Waals surface area (Å²) >= 11 is 3.25. The van der Waals surface area contributed by atoms with Crippen molar-refractivity contribution in [3.63, 3.8) is 0 Å². The van der Waals surface area contributed by atoms with Crippen LogP contribution in [0.15, 0.2) is 122 Å². The molecule has 4 aliphatic rings. The highest BCUT2D eigenvalue weighted by atomic mass is 32.1. The molecule has 6 heterocycles. The van der Waals surface area contributed by atoms with E-state index in [9.17, 15) is 19.2 Å². The van der Waals surface area contributed by atoms with Gasteiger partial charge in [0.25, 0.3) is 0 Å². The average molecular weight is 975 g/mol. The highest BCUT2D eigenvalue weighted by Gasteiger charge is 2.39. The largest absolute Gasteiger partial charge is 0.340 e. The zero-order chi connectivity index (χ0) is 47.8. The number of amides is 4. The molecule has 4 atom stereocenters. The van der Waals surface area contributed by atoms with Crippen LogP contribution in [0, 0.1) is 0 Å². The van der Waals surface area contributed by atoms with E-state index in [4.69, 9.17) is 9.97 Å². The molecule has 0 bridgehead atoms. The Morgan fingerprint density at radius 1 is 0.486 bits per heavy atom. The first-order valence-corrected chi connectivity index (χ1v) is 26.8. The van der Waals surface area contributed by atoms with Crippen molar-refractivity contribution in [2.24, 2.45) is 0 Å². The van der Waals surface area contributed by atoms with Gasteiger partial charge in [0, 0.05) is 51.4 Å². The summed E-state index contributed by atoms with van der Waals surface area (Å²) in [4.78, 5) is 75.5. The summed E-state index contributed by atoms with van der Waals surface area (Å²) in [6.07, 6.45) is 12.7. The molecule has 0 saturated carbocycles. The maximum Gasteiger partial charge on any atom is 0.250 e. The van der Waals surface area contributed by atoms with Crippen LogP contribution in [0.5, 0.6) is 0 Å². The first kappa shape index (κ1) is 47.6. The fraction of sp³-hybridized carbons (Fsp3) is 0.393. The molecule has 0 spiro atoms. The SMILES string of the molecule is O=C(CCN1CCCC1)N[C@@H](C(=O)N1CCC[C@H]1c1ncc(-c2ccc(-c3ccc(-c4cnc([C@@H]5CCCN5C(=O)[C@H](NC(=O)CCN5CCCC5)c5ccccc5)s4)cc3)cc2)s1)c1ccccc1. The van der Waals surface area contributed by atoms with Gasteiger partial charge in [0.05, 0.1) is 21.8 Å². The normalized spacial score (nSPS) is 19.4. The van der Waals surface area contributed by atoms with Gasteiger partial charge in [-0.1, -0.05) is 109 Å². The zero-order valence-electron chi connectivity index (χ0n) is 39.7. The van der Waals surface area contributed by atoms with Crippen LogP contribution < -0.4 is 10.6 Å². The lowest BCUT2D eigenvalue weighted by atomic mass is 10.0. The van der Waals surface area contributed by atoms with Gasteiger partial charge in [0.1, 0.15) is 22.1 Å². The van der Waals surface area contributed by atoms with Crippen molar-refractivity contribution >= 4 is 46.3 Å². The van der Waals surface area contributed by atoms with Crippen molar-refractivity contribution < 1.29 is 19.2 Å². The number of carbonyl (C=O) groups excluding carboxylic acids is 4. The Kier molecular flexibility index (Phi) is 15.2. The van der Waals surface area contributed by atoms with E-state index in [2.05, 4.69) is 69.0 Å². The smallest absolute Gasteiger partial charge is 0.250 e. The minimum atomic E-state index is -0.747. The summed E-state index contributed by atoms with van der Waals surface area (Å²) in [5.74, 6) is -0.372. The van der Waals surface area contributed by atoms with Gasteiger partial charge in [-0.2, -0.15) is 0 Å². The summed E-state index contributed by atoms with van der Waals surface area (Å²) < 4.78 is 0. The summed E-state index contributed by atoms with van der Waals surface area (Å²) in [7, 11) is 0. The van der Waals surface area contributed by atoms with Crippen molar-refractivity contribution in [1.82, 2.24) is 40.2 Å². The highest BCUT2D eigenvalue weighted by molar-refractivity contribution is 7.15. The molecule has 6 aromatic rings. The molecule has 2 aromatic heterocycles. The second-order valence-electron chi connectivity index (χ2n) is 19.1. The molecule has 12 nitrogen and oxygen atoms in total. The molecule has 10 rings (SSSR count). The van der Waals surface area contributed by atoms with Crippen LogP contribution in [0.4, 0.5) is 0 Å². The molecule has 4 fully saturated rings. The summed E-state index contributed by atoms with van der Waals surface area (Å²) in [6, 6.07) is 34.5. The van der Waals surface area contributed by atoms with E-state index in [1.54, 1.807) is 22.7 Å². The van der Waals surface area contributed by atoms with Gasteiger partial charge < -0.3 is 30.2 Å². The maximum absolute atomic E-state index is 14.3. The number of hydrogen-bond acceptors (Lipinski definition) is 10. The van der Waals surface area contributed by atoms with Crippen LogP contribution in [0.1, 0.15) is 110 Å². The van der Waals surface area contributed by atoms with E-state index in [0.717, 1.165) is 105 Å². The van der Waals surface area contributed by atoms with Crippen LogP contribution >= 0.6 is 22.7 Å². The highest BCUT2D eigenvalue weighted by Crippen LogP contribution is 2.41. The van der Waals surface area contributed by atoms with E-state index >= 15 is 0 Å². The number of hydrogen-bond donors (Lipinski definition) is 2. The van der Waals surface area contributed by atoms with Crippen molar-refractivity contribution in [3.05, 3.63) is 143 Å². The molecular weight excluding hydrogens is 913 g/mol. The Hall–Kier alpha value is -6.06. The maximum atomic E-state index is 14.3. The van der Waals surface area contributed by atoms with E-state index in [-0.39, 0.29) is 35.7 Å². The number of nitrogens with one attached hydrogen (secondary N) is 2. The molecule has 0 aliphatic carbocycles. The molecule has 4 amide bonds. The first-order chi connectivity index (χ1) is 34.3. The Labute approximate surface area is 419 Å². The van der Waals surface area contributed by atoms with E-state index in [1.807, 2.05) is 82.9 Å². The van der Waals surface area contributed by atoms with Gasteiger partial charge in [0.2, 0.25) is 23.6 Å². The lowest BCUT2D eigenvalue weighted by molar-refractivity contribution is -0.137. The van der Waals surface area contributed by atoms with Crippen LogP contribution in [0.3, 0.4) is 0 Å². The number of likely N-dealkylation sites (tertiary alicyclic amines) is 4. The third-order valence-corrected chi connectivity index (χ3v) is 16.7. The molecule has 0 radical (unpaired) electrons. The predicted molar refractivity (Wildman–Crippen MR) is 277 cm³/mol. The van der Waals surface area contributed by atoms with Crippen molar-refractivity contribution in [2.75, 3.05) is 52.4 Å². The molecule has 362 valence electrons. The number of nitrogens with zero attached hydrogens (tertiary/aromatic N) is 6. The average Bonchev–Trinajstić information content (AvgIpc) is 4.27. The van der Waals surface area contributed by atoms with Crippen LogP contribution in [0.25, 0.3) is 32.0 Å².